The van der Waals surface area contributed by atoms with E-state index in [4.69, 9.17) is 10.3 Å². The molecule has 0 aliphatic heterocycles. The molecule has 1 atom stereocenters. The minimum Gasteiger partial charge on any atom is -0.369 e. The normalized spacial score (nSPS) is 12.7. The highest BCUT2D eigenvalue weighted by atomic mass is 32.2. The SMILES string of the molecule is NC(=O)C(CCS(=O)(=O)O)c1ccc(SC(c2ccccc2)(c2ccccc2)c2ccccc2)cc1. The van der Waals surface area contributed by atoms with E-state index >= 15 is 0 Å². The molecule has 0 radical (unpaired) electrons. The lowest BCUT2D eigenvalue weighted by Gasteiger charge is -2.35. The second kappa shape index (κ2) is 11.1. The van der Waals surface area contributed by atoms with Gasteiger partial charge in [0.2, 0.25) is 5.91 Å². The van der Waals surface area contributed by atoms with Crippen molar-refractivity contribution in [1.29, 1.82) is 0 Å². The molecule has 0 fully saturated rings. The Morgan fingerprint density at radius 3 is 1.53 bits per heavy atom. The van der Waals surface area contributed by atoms with Crippen LogP contribution in [0.2, 0.25) is 0 Å². The quantitative estimate of drug-likeness (QED) is 0.162. The lowest BCUT2D eigenvalue weighted by molar-refractivity contribution is -0.119. The Morgan fingerprint density at radius 2 is 1.17 bits per heavy atom. The second-order valence-electron chi connectivity index (χ2n) is 8.48. The molecule has 0 aliphatic carbocycles. The number of benzene rings is 4. The Bertz CT molecular complexity index is 1300. The first-order chi connectivity index (χ1) is 17.3. The molecule has 0 aromatic heterocycles. The topological polar surface area (TPSA) is 97.5 Å². The van der Waals surface area contributed by atoms with Gasteiger partial charge in [-0.3, -0.25) is 9.35 Å². The molecule has 36 heavy (non-hydrogen) atoms. The van der Waals surface area contributed by atoms with Crippen LogP contribution < -0.4 is 5.73 Å². The molecule has 0 spiro atoms. The average Bonchev–Trinajstić information content (AvgIpc) is 2.89. The van der Waals surface area contributed by atoms with Gasteiger partial charge in [-0.2, -0.15) is 8.42 Å². The van der Waals surface area contributed by atoms with E-state index in [1.165, 1.54) is 0 Å². The number of rotatable bonds is 10. The van der Waals surface area contributed by atoms with Crippen molar-refractivity contribution in [2.24, 2.45) is 5.73 Å². The second-order valence-corrected chi connectivity index (χ2v) is 11.3. The van der Waals surface area contributed by atoms with E-state index in [0.717, 1.165) is 21.6 Å². The van der Waals surface area contributed by atoms with Gasteiger partial charge in [0.1, 0.15) is 0 Å². The molecule has 184 valence electrons. The first-order valence-corrected chi connectivity index (χ1v) is 13.9. The van der Waals surface area contributed by atoms with Crippen molar-refractivity contribution < 1.29 is 17.8 Å². The number of nitrogens with two attached hydrogens (primary N) is 1. The Morgan fingerprint density at radius 1 is 0.750 bits per heavy atom. The van der Waals surface area contributed by atoms with Crippen molar-refractivity contribution >= 4 is 27.8 Å². The van der Waals surface area contributed by atoms with Crippen LogP contribution in [0.4, 0.5) is 0 Å². The molecule has 1 unspecified atom stereocenters. The van der Waals surface area contributed by atoms with E-state index < -0.39 is 32.4 Å². The van der Waals surface area contributed by atoms with E-state index in [-0.39, 0.29) is 6.42 Å². The predicted octanol–water partition coefficient (Wildman–Crippen LogP) is 5.62. The third-order valence-electron chi connectivity index (χ3n) is 6.10. The zero-order valence-corrected chi connectivity index (χ0v) is 21.2. The van der Waals surface area contributed by atoms with Crippen LogP contribution in [-0.4, -0.2) is 24.6 Å². The molecule has 0 aliphatic rings. The summed E-state index contributed by atoms with van der Waals surface area (Å²) in [6.07, 6.45) is -0.0807. The van der Waals surface area contributed by atoms with Crippen molar-refractivity contribution in [2.75, 3.05) is 5.75 Å². The van der Waals surface area contributed by atoms with Crippen molar-refractivity contribution in [3.63, 3.8) is 0 Å². The average molecular weight is 518 g/mol. The molecule has 0 heterocycles. The van der Waals surface area contributed by atoms with Crippen LogP contribution in [0, 0.1) is 0 Å². The maximum Gasteiger partial charge on any atom is 0.264 e. The van der Waals surface area contributed by atoms with Gasteiger partial charge >= 0.3 is 0 Å². The molecule has 0 saturated heterocycles. The van der Waals surface area contributed by atoms with Gasteiger partial charge in [0, 0.05) is 4.90 Å². The molecule has 3 N–H and O–H groups in total. The summed E-state index contributed by atoms with van der Waals surface area (Å²) in [6, 6.07) is 38.4. The van der Waals surface area contributed by atoms with Crippen LogP contribution in [0.25, 0.3) is 0 Å². The van der Waals surface area contributed by atoms with Crippen molar-refractivity contribution in [1.82, 2.24) is 0 Å². The van der Waals surface area contributed by atoms with Crippen LogP contribution >= 0.6 is 11.8 Å². The van der Waals surface area contributed by atoms with E-state index in [1.54, 1.807) is 23.9 Å². The molecule has 1 amide bonds. The van der Waals surface area contributed by atoms with Gasteiger partial charge in [-0.05, 0) is 40.8 Å². The first kappa shape index (κ1) is 25.7. The summed E-state index contributed by atoms with van der Waals surface area (Å²) >= 11 is 1.69. The van der Waals surface area contributed by atoms with Gasteiger partial charge in [0.25, 0.3) is 10.1 Å². The van der Waals surface area contributed by atoms with Crippen molar-refractivity contribution in [3.8, 4) is 0 Å². The zero-order chi connectivity index (χ0) is 25.6. The number of amides is 1. The number of carbonyl (C=O) groups excluding carboxylic acids is 1. The maximum atomic E-state index is 12.0. The third kappa shape index (κ3) is 5.87. The number of hydrogen-bond acceptors (Lipinski definition) is 4. The Balaban J connectivity index is 1.78. The van der Waals surface area contributed by atoms with Gasteiger partial charge in [-0.1, -0.05) is 103 Å². The molecule has 4 aromatic rings. The Labute approximate surface area is 216 Å². The van der Waals surface area contributed by atoms with Gasteiger partial charge in [0.15, 0.2) is 0 Å². The molecular formula is C29H27NO4S2. The van der Waals surface area contributed by atoms with E-state index in [0.29, 0.717) is 5.56 Å². The van der Waals surface area contributed by atoms with Crippen LogP contribution in [0.5, 0.6) is 0 Å². The maximum absolute atomic E-state index is 12.0. The molecule has 0 saturated carbocycles. The summed E-state index contributed by atoms with van der Waals surface area (Å²) in [5.41, 5.74) is 9.53. The van der Waals surface area contributed by atoms with Crippen molar-refractivity contribution in [2.45, 2.75) is 22.0 Å². The minimum absolute atomic E-state index is 0.0807. The molecule has 0 bridgehead atoms. The molecular weight excluding hydrogens is 490 g/mol. The van der Waals surface area contributed by atoms with Crippen LogP contribution in [0.15, 0.2) is 120 Å². The lowest BCUT2D eigenvalue weighted by atomic mass is 9.84. The third-order valence-corrected chi connectivity index (χ3v) is 8.38. The predicted molar refractivity (Wildman–Crippen MR) is 144 cm³/mol. The van der Waals surface area contributed by atoms with E-state index in [1.807, 2.05) is 66.7 Å². The fraction of sp³-hybridized carbons (Fsp3) is 0.138. The standard InChI is InChI=1S/C29H27NO4S2/c30-28(31)27(20-21-36(32,33)34)22-16-18-26(19-17-22)35-29(23-10-4-1-5-11-23,24-12-6-2-7-13-24)25-14-8-3-9-15-25/h1-19,27H,20-21H2,(H2,30,31)(H,32,33,34). The lowest BCUT2D eigenvalue weighted by Crippen LogP contribution is -2.25. The fourth-order valence-corrected chi connectivity index (χ4v) is 6.30. The molecule has 7 heteroatoms. The number of thioether (sulfide) groups is 1. The summed E-state index contributed by atoms with van der Waals surface area (Å²) < 4.78 is 31.0. The molecule has 4 aromatic carbocycles. The van der Waals surface area contributed by atoms with Gasteiger partial charge in [0.05, 0.1) is 16.4 Å². The Kier molecular flexibility index (Phi) is 7.94. The number of carbonyl (C=O) groups is 1. The molecule has 5 nitrogen and oxygen atoms in total. The highest BCUT2D eigenvalue weighted by molar-refractivity contribution is 8.00. The monoisotopic (exact) mass is 517 g/mol. The number of primary amides is 1. The van der Waals surface area contributed by atoms with Gasteiger partial charge < -0.3 is 5.73 Å². The first-order valence-electron chi connectivity index (χ1n) is 11.5. The highest BCUT2D eigenvalue weighted by Crippen LogP contribution is 2.51. The summed E-state index contributed by atoms with van der Waals surface area (Å²) in [5, 5.41) is 0. The molecule has 4 rings (SSSR count). The largest absolute Gasteiger partial charge is 0.369 e. The zero-order valence-electron chi connectivity index (χ0n) is 19.5. The van der Waals surface area contributed by atoms with Gasteiger partial charge in [-0.25, -0.2) is 0 Å². The fourth-order valence-electron chi connectivity index (χ4n) is 4.38. The van der Waals surface area contributed by atoms with Crippen molar-refractivity contribution in [3.05, 3.63) is 138 Å². The Hall–Kier alpha value is -3.39. The highest BCUT2D eigenvalue weighted by Gasteiger charge is 2.37. The van der Waals surface area contributed by atoms with Crippen LogP contribution in [-0.2, 0) is 19.7 Å². The van der Waals surface area contributed by atoms with Gasteiger partial charge in [-0.15, -0.1) is 11.8 Å². The van der Waals surface area contributed by atoms with Crippen LogP contribution in [0.3, 0.4) is 0 Å². The smallest absolute Gasteiger partial charge is 0.264 e. The summed E-state index contributed by atoms with van der Waals surface area (Å²) in [6.45, 7) is 0. The summed E-state index contributed by atoms with van der Waals surface area (Å²) in [4.78, 5) is 13.0. The van der Waals surface area contributed by atoms with Crippen LogP contribution in [0.1, 0.15) is 34.6 Å². The number of hydrogen-bond donors (Lipinski definition) is 2. The summed E-state index contributed by atoms with van der Waals surface area (Å²) in [7, 11) is -4.20. The minimum atomic E-state index is -4.20. The van der Waals surface area contributed by atoms with E-state index in [9.17, 15) is 13.2 Å². The van der Waals surface area contributed by atoms with E-state index in [2.05, 4.69) is 36.4 Å². The summed E-state index contributed by atoms with van der Waals surface area (Å²) in [5.74, 6) is -1.98.